The Labute approximate surface area is 160 Å². The molecule has 0 aliphatic rings. The highest BCUT2D eigenvalue weighted by molar-refractivity contribution is 5.79. The maximum Gasteiger partial charge on any atom is 0.191 e. The van der Waals surface area contributed by atoms with Crippen molar-refractivity contribution < 1.29 is 0 Å². The molecular weight excluding hydrogens is 338 g/mol. The summed E-state index contributed by atoms with van der Waals surface area (Å²) < 4.78 is 3.77. The van der Waals surface area contributed by atoms with E-state index < -0.39 is 0 Å². The summed E-state index contributed by atoms with van der Waals surface area (Å²) in [6.45, 7) is 2.35. The monoisotopic (exact) mass is 365 g/mol. The standard InChI is InChI=1S/C20H27N7/c1-21-20(22-10-5-7-17-13-25-26(2)15-17)23-14-18-8-3-4-9-19(18)16-27-12-6-11-24-27/h3-4,6,8-9,11-13,15H,5,7,10,14,16H2,1-2H3,(H2,21,22,23). The van der Waals surface area contributed by atoms with Gasteiger partial charge in [0, 0.05) is 45.8 Å². The van der Waals surface area contributed by atoms with E-state index in [0.29, 0.717) is 0 Å². The van der Waals surface area contributed by atoms with Crippen LogP contribution in [0.1, 0.15) is 23.1 Å². The lowest BCUT2D eigenvalue weighted by Gasteiger charge is -2.14. The zero-order valence-electron chi connectivity index (χ0n) is 16.0. The molecule has 0 aliphatic heterocycles. The summed E-state index contributed by atoms with van der Waals surface area (Å²) in [5.74, 6) is 0.815. The van der Waals surface area contributed by atoms with Crippen LogP contribution in [0.2, 0.25) is 0 Å². The average Bonchev–Trinajstić information content (AvgIpc) is 3.34. The predicted octanol–water partition coefficient (Wildman–Crippen LogP) is 1.96. The summed E-state index contributed by atoms with van der Waals surface area (Å²) in [4.78, 5) is 4.32. The number of aryl methyl sites for hydroxylation is 2. The molecule has 142 valence electrons. The summed E-state index contributed by atoms with van der Waals surface area (Å²) in [7, 11) is 3.74. The molecule has 2 heterocycles. The Kier molecular flexibility index (Phi) is 6.62. The van der Waals surface area contributed by atoms with Crippen molar-refractivity contribution in [2.24, 2.45) is 12.0 Å². The van der Waals surface area contributed by atoms with E-state index in [1.165, 1.54) is 16.7 Å². The normalized spacial score (nSPS) is 11.6. The van der Waals surface area contributed by atoms with Gasteiger partial charge in [-0.05, 0) is 35.6 Å². The SMILES string of the molecule is CN=C(NCCCc1cnn(C)c1)NCc1ccccc1Cn1cccn1. The fourth-order valence-electron chi connectivity index (χ4n) is 2.95. The van der Waals surface area contributed by atoms with Gasteiger partial charge in [0.05, 0.1) is 12.7 Å². The van der Waals surface area contributed by atoms with E-state index in [4.69, 9.17) is 0 Å². The third kappa shape index (κ3) is 5.70. The highest BCUT2D eigenvalue weighted by Crippen LogP contribution is 2.10. The Morgan fingerprint density at radius 2 is 1.96 bits per heavy atom. The summed E-state index contributed by atoms with van der Waals surface area (Å²) in [5, 5.41) is 15.3. The van der Waals surface area contributed by atoms with Gasteiger partial charge in [-0.1, -0.05) is 24.3 Å². The first-order chi connectivity index (χ1) is 13.2. The van der Waals surface area contributed by atoms with Gasteiger partial charge in [0.1, 0.15) is 0 Å². The lowest BCUT2D eigenvalue weighted by molar-refractivity contribution is 0.677. The van der Waals surface area contributed by atoms with E-state index in [9.17, 15) is 0 Å². The fourth-order valence-corrected chi connectivity index (χ4v) is 2.95. The molecule has 0 bridgehead atoms. The minimum absolute atomic E-state index is 0.722. The Morgan fingerprint density at radius 3 is 2.67 bits per heavy atom. The Hall–Kier alpha value is -3.09. The van der Waals surface area contributed by atoms with E-state index in [0.717, 1.165) is 38.4 Å². The Morgan fingerprint density at radius 1 is 1.11 bits per heavy atom. The van der Waals surface area contributed by atoms with Gasteiger partial charge in [-0.2, -0.15) is 10.2 Å². The molecule has 3 rings (SSSR count). The van der Waals surface area contributed by atoms with Crippen LogP contribution in [0.25, 0.3) is 0 Å². The molecule has 3 aromatic rings. The van der Waals surface area contributed by atoms with Crippen molar-refractivity contribution in [3.8, 4) is 0 Å². The first kappa shape index (κ1) is 18.7. The summed E-state index contributed by atoms with van der Waals surface area (Å²) in [5.41, 5.74) is 3.75. The third-order valence-electron chi connectivity index (χ3n) is 4.37. The number of guanidine groups is 1. The van der Waals surface area contributed by atoms with Crippen molar-refractivity contribution in [1.82, 2.24) is 30.2 Å². The zero-order chi connectivity index (χ0) is 18.9. The van der Waals surface area contributed by atoms with Crippen LogP contribution in [0.5, 0.6) is 0 Å². The topological polar surface area (TPSA) is 72.1 Å². The first-order valence-electron chi connectivity index (χ1n) is 9.21. The van der Waals surface area contributed by atoms with Crippen molar-refractivity contribution in [3.05, 3.63) is 71.8 Å². The van der Waals surface area contributed by atoms with Gasteiger partial charge in [0.15, 0.2) is 5.96 Å². The van der Waals surface area contributed by atoms with E-state index in [1.54, 1.807) is 13.2 Å². The van der Waals surface area contributed by atoms with Gasteiger partial charge >= 0.3 is 0 Å². The molecule has 0 amide bonds. The van der Waals surface area contributed by atoms with Crippen LogP contribution >= 0.6 is 0 Å². The molecule has 0 radical (unpaired) electrons. The smallest absolute Gasteiger partial charge is 0.191 e. The lowest BCUT2D eigenvalue weighted by atomic mass is 10.1. The maximum atomic E-state index is 4.32. The number of aliphatic imine (C=N–C) groups is 1. The number of benzene rings is 1. The van der Waals surface area contributed by atoms with Crippen LogP contribution in [0.15, 0.2) is 60.1 Å². The quantitative estimate of drug-likeness (QED) is 0.364. The van der Waals surface area contributed by atoms with Gasteiger partial charge < -0.3 is 10.6 Å². The molecular formula is C20H27N7. The van der Waals surface area contributed by atoms with Crippen LogP contribution < -0.4 is 10.6 Å². The molecule has 0 unspecified atom stereocenters. The van der Waals surface area contributed by atoms with Crippen molar-refractivity contribution in [2.45, 2.75) is 25.9 Å². The number of hydrogen-bond donors (Lipinski definition) is 2. The minimum Gasteiger partial charge on any atom is -0.356 e. The number of rotatable bonds is 8. The molecule has 0 atom stereocenters. The summed E-state index contributed by atoms with van der Waals surface area (Å²) >= 11 is 0. The molecule has 7 heteroatoms. The van der Waals surface area contributed by atoms with Crippen molar-refractivity contribution in [3.63, 3.8) is 0 Å². The highest BCUT2D eigenvalue weighted by atomic mass is 15.3. The van der Waals surface area contributed by atoms with Crippen LogP contribution in [0, 0.1) is 0 Å². The average molecular weight is 365 g/mol. The van der Waals surface area contributed by atoms with E-state index >= 15 is 0 Å². The van der Waals surface area contributed by atoms with Gasteiger partial charge in [0.25, 0.3) is 0 Å². The zero-order valence-corrected chi connectivity index (χ0v) is 16.0. The van der Waals surface area contributed by atoms with Crippen LogP contribution in [0.3, 0.4) is 0 Å². The predicted molar refractivity (Wildman–Crippen MR) is 108 cm³/mol. The molecule has 0 saturated carbocycles. The van der Waals surface area contributed by atoms with Gasteiger partial charge in [-0.3, -0.25) is 14.4 Å². The second-order valence-electron chi connectivity index (χ2n) is 6.45. The molecule has 2 aromatic heterocycles. The molecule has 0 aliphatic carbocycles. The molecule has 0 fully saturated rings. The van der Waals surface area contributed by atoms with Crippen LogP contribution in [-0.2, 0) is 26.6 Å². The van der Waals surface area contributed by atoms with E-state index in [-0.39, 0.29) is 0 Å². The molecule has 27 heavy (non-hydrogen) atoms. The van der Waals surface area contributed by atoms with E-state index in [2.05, 4.69) is 56.3 Å². The van der Waals surface area contributed by atoms with Gasteiger partial charge in [-0.15, -0.1) is 0 Å². The maximum absolute atomic E-state index is 4.32. The second-order valence-corrected chi connectivity index (χ2v) is 6.45. The number of aromatic nitrogens is 4. The molecule has 0 spiro atoms. The van der Waals surface area contributed by atoms with Crippen LogP contribution in [-0.4, -0.2) is 39.1 Å². The number of nitrogens with zero attached hydrogens (tertiary/aromatic N) is 5. The molecule has 0 saturated heterocycles. The highest BCUT2D eigenvalue weighted by Gasteiger charge is 2.05. The van der Waals surface area contributed by atoms with Crippen molar-refractivity contribution in [1.29, 1.82) is 0 Å². The van der Waals surface area contributed by atoms with Crippen molar-refractivity contribution >= 4 is 5.96 Å². The number of nitrogens with one attached hydrogen (secondary N) is 2. The second kappa shape index (κ2) is 9.56. The van der Waals surface area contributed by atoms with E-state index in [1.807, 2.05) is 34.9 Å². The lowest BCUT2D eigenvalue weighted by Crippen LogP contribution is -2.37. The third-order valence-corrected chi connectivity index (χ3v) is 4.37. The Bertz CT molecular complexity index is 849. The minimum atomic E-state index is 0.722. The van der Waals surface area contributed by atoms with Gasteiger partial charge in [0.2, 0.25) is 0 Å². The van der Waals surface area contributed by atoms with Crippen molar-refractivity contribution in [2.75, 3.05) is 13.6 Å². The summed E-state index contributed by atoms with van der Waals surface area (Å²) in [6, 6.07) is 10.4. The largest absolute Gasteiger partial charge is 0.356 e. The summed E-state index contributed by atoms with van der Waals surface area (Å²) in [6.07, 6.45) is 9.80. The van der Waals surface area contributed by atoms with Gasteiger partial charge in [-0.25, -0.2) is 0 Å². The fraction of sp³-hybridized carbons (Fsp3) is 0.350. The molecule has 1 aromatic carbocycles. The molecule has 2 N–H and O–H groups in total. The molecule has 7 nitrogen and oxygen atoms in total. The first-order valence-corrected chi connectivity index (χ1v) is 9.21. The van der Waals surface area contributed by atoms with Crippen LogP contribution in [0.4, 0.5) is 0 Å². The number of hydrogen-bond acceptors (Lipinski definition) is 3. The Balaban J connectivity index is 1.46.